The van der Waals surface area contributed by atoms with E-state index >= 15 is 0 Å². The minimum atomic E-state index is 0.0411. The van der Waals surface area contributed by atoms with Crippen LogP contribution < -0.4 is 5.73 Å². The largest absolute Gasteiger partial charge is 0.396 e. The fourth-order valence-corrected chi connectivity index (χ4v) is 3.44. The highest BCUT2D eigenvalue weighted by Gasteiger charge is 2.53. The summed E-state index contributed by atoms with van der Waals surface area (Å²) in [6, 6.07) is 7.76. The van der Waals surface area contributed by atoms with Crippen molar-refractivity contribution in [2.45, 2.75) is 16.1 Å². The monoisotopic (exact) mass is 243 g/mol. The molecule has 1 fully saturated rings. The zero-order valence-corrected chi connectivity index (χ0v) is 9.89. The molecule has 0 heterocycles. The van der Waals surface area contributed by atoms with Crippen LogP contribution in [0.15, 0.2) is 29.2 Å². The van der Waals surface area contributed by atoms with Gasteiger partial charge >= 0.3 is 0 Å². The standard InChI is InChI=1S/C11H14ClNOS/c12-9-2-1-3-10(4-9)15-11(7-13)5-8(11)6-14/h1-4,8,14H,5-7,13H2. The second-order valence-corrected chi connectivity index (χ2v) is 5.84. The Bertz CT molecular complexity index is 360. The second kappa shape index (κ2) is 4.34. The minimum Gasteiger partial charge on any atom is -0.396 e. The molecule has 0 bridgehead atoms. The van der Waals surface area contributed by atoms with E-state index in [0.29, 0.717) is 12.5 Å². The normalized spacial score (nSPS) is 29.1. The lowest BCUT2D eigenvalue weighted by molar-refractivity contribution is 0.272. The lowest BCUT2D eigenvalue weighted by atomic mass is 10.3. The highest BCUT2D eigenvalue weighted by atomic mass is 35.5. The van der Waals surface area contributed by atoms with Crippen molar-refractivity contribution in [3.63, 3.8) is 0 Å². The van der Waals surface area contributed by atoms with Gasteiger partial charge in [-0.15, -0.1) is 11.8 Å². The van der Waals surface area contributed by atoms with E-state index in [1.54, 1.807) is 11.8 Å². The van der Waals surface area contributed by atoms with Crippen molar-refractivity contribution in [2.24, 2.45) is 11.7 Å². The zero-order chi connectivity index (χ0) is 10.9. The van der Waals surface area contributed by atoms with E-state index in [1.165, 1.54) is 0 Å². The summed E-state index contributed by atoms with van der Waals surface area (Å²) in [6.45, 7) is 0.834. The number of rotatable bonds is 4. The third kappa shape index (κ3) is 2.31. The lowest BCUT2D eigenvalue weighted by Crippen LogP contribution is -2.21. The van der Waals surface area contributed by atoms with Gasteiger partial charge in [-0.3, -0.25) is 0 Å². The number of hydrogen-bond donors (Lipinski definition) is 2. The molecule has 0 saturated heterocycles. The molecule has 2 rings (SSSR count). The SMILES string of the molecule is NCC1(Sc2cccc(Cl)c2)CC1CO. The van der Waals surface area contributed by atoms with Crippen LogP contribution in [0.2, 0.25) is 5.02 Å². The van der Waals surface area contributed by atoms with Crippen molar-refractivity contribution in [3.8, 4) is 0 Å². The third-order valence-corrected chi connectivity index (χ3v) is 4.66. The molecular formula is C11H14ClNOS. The average Bonchev–Trinajstić information content (AvgIpc) is 2.92. The Labute approximate surface area is 98.8 Å². The van der Waals surface area contributed by atoms with Gasteiger partial charge < -0.3 is 10.8 Å². The number of halogens is 1. The summed E-state index contributed by atoms with van der Waals surface area (Å²) in [5.74, 6) is 0.339. The van der Waals surface area contributed by atoms with Gasteiger partial charge in [0.05, 0.1) is 0 Å². The topological polar surface area (TPSA) is 46.2 Å². The molecule has 2 unspecified atom stereocenters. The molecule has 1 aromatic rings. The first-order chi connectivity index (χ1) is 7.20. The van der Waals surface area contributed by atoms with E-state index in [2.05, 4.69) is 0 Å². The molecule has 82 valence electrons. The molecule has 4 heteroatoms. The van der Waals surface area contributed by atoms with Crippen molar-refractivity contribution in [1.29, 1.82) is 0 Å². The molecule has 0 radical (unpaired) electrons. The van der Waals surface area contributed by atoms with Gasteiger partial charge in [-0.2, -0.15) is 0 Å². The van der Waals surface area contributed by atoms with E-state index < -0.39 is 0 Å². The second-order valence-electron chi connectivity index (χ2n) is 3.91. The molecule has 2 atom stereocenters. The molecule has 2 nitrogen and oxygen atoms in total. The molecule has 0 aliphatic heterocycles. The number of aliphatic hydroxyl groups excluding tert-OH is 1. The molecule has 1 saturated carbocycles. The van der Waals surface area contributed by atoms with Gasteiger partial charge in [0.25, 0.3) is 0 Å². The zero-order valence-electron chi connectivity index (χ0n) is 8.32. The number of benzene rings is 1. The Morgan fingerprint density at radius 1 is 1.60 bits per heavy atom. The predicted octanol–water partition coefficient (Wildman–Crippen LogP) is 2.14. The lowest BCUT2D eigenvalue weighted by Gasteiger charge is -2.13. The highest BCUT2D eigenvalue weighted by Crippen LogP contribution is 2.55. The Hall–Kier alpha value is -0.220. The quantitative estimate of drug-likeness (QED) is 0.852. The molecule has 3 N–H and O–H groups in total. The Morgan fingerprint density at radius 3 is 2.93 bits per heavy atom. The van der Waals surface area contributed by atoms with Gasteiger partial charge in [0, 0.05) is 27.8 Å². The molecular weight excluding hydrogens is 230 g/mol. The summed E-state index contributed by atoms with van der Waals surface area (Å²) in [5.41, 5.74) is 5.76. The predicted molar refractivity (Wildman–Crippen MR) is 64.3 cm³/mol. The van der Waals surface area contributed by atoms with E-state index in [4.69, 9.17) is 22.4 Å². The maximum absolute atomic E-state index is 9.11. The van der Waals surface area contributed by atoms with Crippen LogP contribution in [-0.2, 0) is 0 Å². The first-order valence-corrected chi connectivity index (χ1v) is 6.15. The Kier molecular flexibility index (Phi) is 3.26. The van der Waals surface area contributed by atoms with Gasteiger partial charge in [0.2, 0.25) is 0 Å². The van der Waals surface area contributed by atoms with Crippen molar-refractivity contribution >= 4 is 23.4 Å². The maximum atomic E-state index is 9.11. The summed E-state index contributed by atoms with van der Waals surface area (Å²) in [7, 11) is 0. The van der Waals surface area contributed by atoms with E-state index in [1.807, 2.05) is 24.3 Å². The molecule has 1 aliphatic carbocycles. The molecule has 15 heavy (non-hydrogen) atoms. The van der Waals surface area contributed by atoms with Gasteiger partial charge in [0.1, 0.15) is 0 Å². The van der Waals surface area contributed by atoms with Crippen LogP contribution >= 0.6 is 23.4 Å². The number of nitrogens with two attached hydrogens (primary N) is 1. The summed E-state index contributed by atoms with van der Waals surface area (Å²) in [5, 5.41) is 9.85. The minimum absolute atomic E-state index is 0.0411. The molecule has 0 spiro atoms. The summed E-state index contributed by atoms with van der Waals surface area (Å²) >= 11 is 7.65. The Balaban J connectivity index is 2.08. The summed E-state index contributed by atoms with van der Waals surface area (Å²) in [6.07, 6.45) is 0.997. The molecule has 0 aromatic heterocycles. The van der Waals surface area contributed by atoms with Gasteiger partial charge in [-0.1, -0.05) is 17.7 Å². The van der Waals surface area contributed by atoms with Gasteiger partial charge in [-0.05, 0) is 30.5 Å². The van der Waals surface area contributed by atoms with Crippen molar-refractivity contribution < 1.29 is 5.11 Å². The number of thioether (sulfide) groups is 1. The maximum Gasteiger partial charge on any atom is 0.0473 e. The fourth-order valence-electron chi connectivity index (χ4n) is 1.77. The van der Waals surface area contributed by atoms with Crippen molar-refractivity contribution in [1.82, 2.24) is 0 Å². The van der Waals surface area contributed by atoms with Crippen LogP contribution in [0, 0.1) is 5.92 Å². The van der Waals surface area contributed by atoms with Crippen molar-refractivity contribution in [2.75, 3.05) is 13.2 Å². The van der Waals surface area contributed by atoms with Crippen LogP contribution in [0.5, 0.6) is 0 Å². The first-order valence-electron chi connectivity index (χ1n) is 4.96. The van der Waals surface area contributed by atoms with Gasteiger partial charge in [0.15, 0.2) is 0 Å². The summed E-state index contributed by atoms with van der Waals surface area (Å²) < 4.78 is 0.0411. The van der Waals surface area contributed by atoms with E-state index in [0.717, 1.165) is 16.3 Å². The van der Waals surface area contributed by atoms with Crippen LogP contribution in [0.4, 0.5) is 0 Å². The van der Waals surface area contributed by atoms with E-state index in [-0.39, 0.29) is 11.4 Å². The van der Waals surface area contributed by atoms with Crippen molar-refractivity contribution in [3.05, 3.63) is 29.3 Å². The highest BCUT2D eigenvalue weighted by molar-refractivity contribution is 8.01. The van der Waals surface area contributed by atoms with Crippen LogP contribution in [0.3, 0.4) is 0 Å². The van der Waals surface area contributed by atoms with E-state index in [9.17, 15) is 0 Å². The smallest absolute Gasteiger partial charge is 0.0473 e. The molecule has 1 aliphatic rings. The van der Waals surface area contributed by atoms with Crippen LogP contribution in [0.25, 0.3) is 0 Å². The number of hydrogen-bond acceptors (Lipinski definition) is 3. The first kappa shape index (κ1) is 11.3. The van der Waals surface area contributed by atoms with Gasteiger partial charge in [-0.25, -0.2) is 0 Å². The number of aliphatic hydroxyl groups is 1. The van der Waals surface area contributed by atoms with Crippen LogP contribution in [-0.4, -0.2) is 23.0 Å². The summed E-state index contributed by atoms with van der Waals surface area (Å²) in [4.78, 5) is 1.13. The van der Waals surface area contributed by atoms with Crippen LogP contribution in [0.1, 0.15) is 6.42 Å². The average molecular weight is 244 g/mol. The Morgan fingerprint density at radius 2 is 2.40 bits per heavy atom. The molecule has 0 amide bonds. The fraction of sp³-hybridized carbons (Fsp3) is 0.455. The third-order valence-electron chi connectivity index (χ3n) is 2.86. The molecule has 1 aromatic carbocycles.